The molecule has 1 aromatic heterocycles. The van der Waals surface area contributed by atoms with E-state index in [1.165, 1.54) is 12.8 Å². The van der Waals surface area contributed by atoms with E-state index < -0.39 is 0 Å². The molecule has 0 saturated carbocycles. The average molecular weight is 329 g/mol. The smallest absolute Gasteiger partial charge is 0.244 e. The van der Waals surface area contributed by atoms with E-state index in [2.05, 4.69) is 55.3 Å². The van der Waals surface area contributed by atoms with Crippen molar-refractivity contribution in [2.75, 3.05) is 6.54 Å². The van der Waals surface area contributed by atoms with E-state index >= 15 is 0 Å². The van der Waals surface area contributed by atoms with Crippen LogP contribution in [0.2, 0.25) is 0 Å². The van der Waals surface area contributed by atoms with Crippen LogP contribution in [-0.4, -0.2) is 22.8 Å². The monoisotopic (exact) mass is 329 g/mol. The first-order chi connectivity index (χ1) is 11.6. The van der Waals surface area contributed by atoms with E-state index in [0.717, 1.165) is 41.8 Å². The lowest BCUT2D eigenvalue weighted by atomic mass is 10.0. The second-order valence-corrected chi connectivity index (χ2v) is 6.73. The number of nitrogens with one attached hydrogen (secondary N) is 1. The maximum Gasteiger partial charge on any atom is 0.244 e. The number of rotatable bonds is 5. The number of piperidine rings is 1. The molecule has 130 valence electrons. The van der Waals surface area contributed by atoms with Gasteiger partial charge < -0.3 is 14.6 Å². The Labute approximate surface area is 143 Å². The van der Waals surface area contributed by atoms with Crippen molar-refractivity contribution >= 4 is 0 Å². The highest BCUT2D eigenvalue weighted by Crippen LogP contribution is 2.31. The van der Waals surface area contributed by atoms with Gasteiger partial charge in [0.25, 0.3) is 0 Å². The Bertz CT molecular complexity index is 667. The van der Waals surface area contributed by atoms with Gasteiger partial charge in [-0.1, -0.05) is 18.5 Å². The molecule has 2 heterocycles. The molecule has 1 fully saturated rings. The second-order valence-electron chi connectivity index (χ2n) is 6.73. The topological polar surface area (TPSA) is 60.2 Å². The van der Waals surface area contributed by atoms with E-state index in [-0.39, 0.29) is 12.1 Å². The molecule has 0 unspecified atom stereocenters. The fraction of sp³-hybridized carbons (Fsp3) is 0.579. The van der Waals surface area contributed by atoms with Gasteiger partial charge in [-0.25, -0.2) is 0 Å². The lowest BCUT2D eigenvalue weighted by molar-refractivity contribution is 0.214. The van der Waals surface area contributed by atoms with Crippen LogP contribution in [0.3, 0.4) is 0 Å². The average Bonchev–Trinajstić information content (AvgIpc) is 3.08. The van der Waals surface area contributed by atoms with Crippen LogP contribution in [0.15, 0.2) is 16.7 Å². The molecule has 0 spiro atoms. The predicted molar refractivity (Wildman–Crippen MR) is 94.2 cm³/mol. The van der Waals surface area contributed by atoms with Gasteiger partial charge in [0.05, 0.1) is 12.1 Å². The molecular formula is C19H27N3O2. The molecule has 2 atom stereocenters. The minimum Gasteiger partial charge on any atom is -0.490 e. The minimum absolute atomic E-state index is 0.190. The lowest BCUT2D eigenvalue weighted by Gasteiger charge is -2.19. The number of benzene rings is 1. The van der Waals surface area contributed by atoms with Crippen molar-refractivity contribution in [3.8, 4) is 17.1 Å². The summed E-state index contributed by atoms with van der Waals surface area (Å²) in [7, 11) is 0. The van der Waals surface area contributed by atoms with Gasteiger partial charge in [-0.05, 0) is 69.8 Å². The maximum atomic E-state index is 6.04. The molecule has 0 bridgehead atoms. The van der Waals surface area contributed by atoms with Crippen molar-refractivity contribution in [3.05, 3.63) is 29.2 Å². The summed E-state index contributed by atoms with van der Waals surface area (Å²) in [6, 6.07) is 4.34. The summed E-state index contributed by atoms with van der Waals surface area (Å²) in [5, 5.41) is 7.63. The second kappa shape index (κ2) is 7.34. The largest absolute Gasteiger partial charge is 0.490 e. The molecule has 1 aromatic carbocycles. The van der Waals surface area contributed by atoms with E-state index in [1.807, 2.05) is 0 Å². The summed E-state index contributed by atoms with van der Waals surface area (Å²) in [5.41, 5.74) is 3.19. The molecular weight excluding hydrogens is 302 g/mol. The summed E-state index contributed by atoms with van der Waals surface area (Å²) < 4.78 is 11.5. The van der Waals surface area contributed by atoms with E-state index in [9.17, 15) is 0 Å². The predicted octanol–water partition coefficient (Wildman–Crippen LogP) is 4.35. The van der Waals surface area contributed by atoms with Crippen LogP contribution in [0.25, 0.3) is 11.4 Å². The molecule has 1 saturated heterocycles. The van der Waals surface area contributed by atoms with Crippen molar-refractivity contribution in [2.24, 2.45) is 0 Å². The number of ether oxygens (including phenoxy) is 1. The van der Waals surface area contributed by atoms with E-state index in [4.69, 9.17) is 9.26 Å². The molecule has 1 N–H and O–H groups in total. The summed E-state index contributed by atoms with van der Waals surface area (Å²) >= 11 is 0. The molecule has 24 heavy (non-hydrogen) atoms. The van der Waals surface area contributed by atoms with Crippen LogP contribution in [0.4, 0.5) is 0 Å². The third-order valence-corrected chi connectivity index (χ3v) is 4.66. The fourth-order valence-electron chi connectivity index (χ4n) is 3.11. The summed E-state index contributed by atoms with van der Waals surface area (Å²) in [6.07, 6.45) is 4.68. The van der Waals surface area contributed by atoms with Gasteiger partial charge in [0.1, 0.15) is 5.75 Å². The Kier molecular flexibility index (Phi) is 5.19. The standard InChI is InChI=1S/C19H27N3O2/c1-5-14(4)23-17-12(2)10-15(11-13(17)3)18-21-19(24-22-18)16-8-6-7-9-20-16/h10-11,14,16,20H,5-9H2,1-4H3/t14-,16+/m0/s1. The zero-order valence-corrected chi connectivity index (χ0v) is 15.1. The first-order valence-corrected chi connectivity index (χ1v) is 8.93. The van der Waals surface area contributed by atoms with Crippen LogP contribution in [0, 0.1) is 13.8 Å². The van der Waals surface area contributed by atoms with Crippen LogP contribution < -0.4 is 10.1 Å². The first-order valence-electron chi connectivity index (χ1n) is 8.93. The van der Waals surface area contributed by atoms with Crippen molar-refractivity contribution in [2.45, 2.75) is 65.5 Å². The van der Waals surface area contributed by atoms with E-state index in [0.29, 0.717) is 11.7 Å². The van der Waals surface area contributed by atoms with Crippen LogP contribution in [-0.2, 0) is 0 Å². The molecule has 1 aliphatic rings. The Hall–Kier alpha value is -1.88. The number of aryl methyl sites for hydroxylation is 2. The zero-order chi connectivity index (χ0) is 17.1. The molecule has 0 amide bonds. The highest BCUT2D eigenvalue weighted by Gasteiger charge is 2.22. The highest BCUT2D eigenvalue weighted by molar-refractivity contribution is 5.61. The maximum absolute atomic E-state index is 6.04. The van der Waals surface area contributed by atoms with Gasteiger partial charge in [-0.2, -0.15) is 4.98 Å². The Morgan fingerprint density at radius 1 is 1.29 bits per heavy atom. The number of nitrogens with zero attached hydrogens (tertiary/aromatic N) is 2. The Morgan fingerprint density at radius 3 is 2.67 bits per heavy atom. The van der Waals surface area contributed by atoms with Crippen molar-refractivity contribution in [1.29, 1.82) is 0 Å². The summed E-state index contributed by atoms with van der Waals surface area (Å²) in [6.45, 7) is 9.37. The van der Waals surface area contributed by atoms with Gasteiger partial charge in [-0.3, -0.25) is 0 Å². The SMILES string of the molecule is CC[C@H](C)Oc1c(C)cc(-c2noc([C@H]3CCCCN3)n2)cc1C. The van der Waals surface area contributed by atoms with Crippen molar-refractivity contribution < 1.29 is 9.26 Å². The quantitative estimate of drug-likeness (QED) is 0.884. The van der Waals surface area contributed by atoms with Gasteiger partial charge >= 0.3 is 0 Å². The van der Waals surface area contributed by atoms with Crippen molar-refractivity contribution in [3.63, 3.8) is 0 Å². The van der Waals surface area contributed by atoms with Crippen LogP contribution >= 0.6 is 0 Å². The number of aromatic nitrogens is 2. The van der Waals surface area contributed by atoms with Crippen molar-refractivity contribution in [1.82, 2.24) is 15.5 Å². The summed E-state index contributed by atoms with van der Waals surface area (Å²) in [5.74, 6) is 2.31. The molecule has 5 nitrogen and oxygen atoms in total. The van der Waals surface area contributed by atoms with Gasteiger partial charge in [0, 0.05) is 5.56 Å². The normalized spacial score (nSPS) is 19.2. The van der Waals surface area contributed by atoms with Gasteiger partial charge in [0.2, 0.25) is 11.7 Å². The summed E-state index contributed by atoms with van der Waals surface area (Å²) in [4.78, 5) is 4.61. The van der Waals surface area contributed by atoms with Crippen LogP contribution in [0.5, 0.6) is 5.75 Å². The third kappa shape index (κ3) is 3.61. The van der Waals surface area contributed by atoms with E-state index in [1.54, 1.807) is 0 Å². The first kappa shape index (κ1) is 17.0. The van der Waals surface area contributed by atoms with Gasteiger partial charge in [0.15, 0.2) is 0 Å². The molecule has 3 rings (SSSR count). The fourth-order valence-corrected chi connectivity index (χ4v) is 3.11. The minimum atomic E-state index is 0.190. The lowest BCUT2D eigenvalue weighted by Crippen LogP contribution is -2.26. The zero-order valence-electron chi connectivity index (χ0n) is 15.1. The highest BCUT2D eigenvalue weighted by atomic mass is 16.5. The number of hydrogen-bond donors (Lipinski definition) is 1. The van der Waals surface area contributed by atoms with Crippen LogP contribution in [0.1, 0.15) is 62.6 Å². The molecule has 0 radical (unpaired) electrons. The molecule has 2 aromatic rings. The molecule has 5 heteroatoms. The Balaban J connectivity index is 1.83. The number of hydrogen-bond acceptors (Lipinski definition) is 5. The molecule has 1 aliphatic heterocycles. The third-order valence-electron chi connectivity index (χ3n) is 4.66. The Morgan fingerprint density at radius 2 is 2.04 bits per heavy atom. The van der Waals surface area contributed by atoms with Gasteiger partial charge in [-0.15, -0.1) is 0 Å². The molecule has 0 aliphatic carbocycles.